The van der Waals surface area contributed by atoms with Crippen LogP contribution in [0.3, 0.4) is 0 Å². The van der Waals surface area contributed by atoms with Crippen molar-refractivity contribution in [3.63, 3.8) is 0 Å². The third-order valence-corrected chi connectivity index (χ3v) is 4.09. The lowest BCUT2D eigenvalue weighted by Gasteiger charge is -2.14. The first-order valence-corrected chi connectivity index (χ1v) is 8.43. The molecule has 0 unspecified atom stereocenters. The second-order valence-electron chi connectivity index (χ2n) is 6.15. The third-order valence-electron chi connectivity index (χ3n) is 4.09. The molecule has 1 heterocycles. The maximum absolute atomic E-state index is 12.8. The van der Waals surface area contributed by atoms with Crippen molar-refractivity contribution < 1.29 is 27.2 Å². The number of hydrogen-bond donors (Lipinski definition) is 1. The number of nitrogens with zero attached hydrogens (tertiary/aromatic N) is 1. The Hall–Kier alpha value is -3.29. The average Bonchev–Trinajstić information content (AvgIpc) is 3.03. The van der Waals surface area contributed by atoms with E-state index in [1.807, 2.05) is 37.3 Å². The van der Waals surface area contributed by atoms with E-state index in [0.29, 0.717) is 11.3 Å². The summed E-state index contributed by atoms with van der Waals surface area (Å²) in [5.74, 6) is -0.578. The second kappa shape index (κ2) is 7.75. The van der Waals surface area contributed by atoms with Gasteiger partial charge in [-0.25, -0.2) is 0 Å². The van der Waals surface area contributed by atoms with Gasteiger partial charge in [-0.2, -0.15) is 0 Å². The molecule has 0 bridgehead atoms. The number of alkyl halides is 3. The number of amides is 1. The standard InChI is InChI=1S/C20H17F3N2O3/c1-12(14-6-4-3-5-7-14)24-19(26)17-13(2)25-28-18(17)15-8-10-16(11-9-15)27-20(21,22)23/h3-12H,1-2H3,(H,24,26)/t12-/m1/s1. The van der Waals surface area contributed by atoms with Crippen LogP contribution in [0.4, 0.5) is 13.2 Å². The van der Waals surface area contributed by atoms with E-state index in [4.69, 9.17) is 4.52 Å². The van der Waals surface area contributed by atoms with Crippen LogP contribution in [0.25, 0.3) is 11.3 Å². The lowest BCUT2D eigenvalue weighted by Crippen LogP contribution is -2.27. The molecule has 1 amide bonds. The summed E-state index contributed by atoms with van der Waals surface area (Å²) in [6.45, 7) is 3.47. The number of hydrogen-bond acceptors (Lipinski definition) is 4. The fourth-order valence-electron chi connectivity index (χ4n) is 2.74. The van der Waals surface area contributed by atoms with E-state index in [1.165, 1.54) is 12.1 Å². The smallest absolute Gasteiger partial charge is 0.406 e. The van der Waals surface area contributed by atoms with Crippen LogP contribution < -0.4 is 10.1 Å². The van der Waals surface area contributed by atoms with Crippen LogP contribution in [-0.2, 0) is 0 Å². The van der Waals surface area contributed by atoms with Gasteiger partial charge in [-0.1, -0.05) is 35.5 Å². The first-order chi connectivity index (χ1) is 13.2. The van der Waals surface area contributed by atoms with Crippen molar-refractivity contribution in [1.82, 2.24) is 10.5 Å². The molecule has 2 aromatic carbocycles. The summed E-state index contributed by atoms with van der Waals surface area (Å²) in [7, 11) is 0. The fraction of sp³-hybridized carbons (Fsp3) is 0.200. The second-order valence-corrected chi connectivity index (χ2v) is 6.15. The zero-order valence-corrected chi connectivity index (χ0v) is 15.1. The molecule has 0 aliphatic rings. The lowest BCUT2D eigenvalue weighted by atomic mass is 10.0. The highest BCUT2D eigenvalue weighted by Crippen LogP contribution is 2.30. The number of rotatable bonds is 5. The van der Waals surface area contributed by atoms with Crippen LogP contribution in [0.15, 0.2) is 59.1 Å². The predicted molar refractivity (Wildman–Crippen MR) is 95.7 cm³/mol. The van der Waals surface area contributed by atoms with E-state index in [9.17, 15) is 18.0 Å². The molecule has 0 saturated carbocycles. The highest BCUT2D eigenvalue weighted by molar-refractivity contribution is 6.00. The van der Waals surface area contributed by atoms with Crippen LogP contribution in [-0.4, -0.2) is 17.4 Å². The Balaban J connectivity index is 1.82. The first kappa shape index (κ1) is 19.5. The molecule has 0 spiro atoms. The van der Waals surface area contributed by atoms with E-state index >= 15 is 0 Å². The Morgan fingerprint density at radius 1 is 1.11 bits per heavy atom. The number of aryl methyl sites for hydroxylation is 1. The van der Waals surface area contributed by atoms with Crippen molar-refractivity contribution >= 4 is 5.91 Å². The van der Waals surface area contributed by atoms with Crippen molar-refractivity contribution in [2.24, 2.45) is 0 Å². The number of aromatic nitrogens is 1. The summed E-state index contributed by atoms with van der Waals surface area (Å²) < 4.78 is 46.0. The monoisotopic (exact) mass is 390 g/mol. The predicted octanol–water partition coefficient (Wildman–Crippen LogP) is 5.04. The van der Waals surface area contributed by atoms with Gasteiger partial charge in [-0.05, 0) is 43.7 Å². The zero-order chi connectivity index (χ0) is 20.3. The molecular weight excluding hydrogens is 373 g/mol. The third kappa shape index (κ3) is 4.51. The molecule has 0 aliphatic heterocycles. The van der Waals surface area contributed by atoms with E-state index in [2.05, 4.69) is 15.2 Å². The Labute approximate surface area is 159 Å². The summed E-state index contributed by atoms with van der Waals surface area (Å²) in [6.07, 6.45) is -4.77. The normalized spacial score (nSPS) is 12.5. The molecule has 28 heavy (non-hydrogen) atoms. The highest BCUT2D eigenvalue weighted by atomic mass is 19.4. The summed E-state index contributed by atoms with van der Waals surface area (Å²) >= 11 is 0. The van der Waals surface area contributed by atoms with Crippen molar-refractivity contribution in [1.29, 1.82) is 0 Å². The van der Waals surface area contributed by atoms with Gasteiger partial charge in [0.05, 0.1) is 11.7 Å². The molecule has 1 atom stereocenters. The number of halogens is 3. The van der Waals surface area contributed by atoms with Crippen LogP contribution in [0, 0.1) is 6.92 Å². The van der Waals surface area contributed by atoms with Gasteiger partial charge in [0.2, 0.25) is 0 Å². The van der Waals surface area contributed by atoms with Gasteiger partial charge in [0.25, 0.3) is 5.91 Å². The minimum Gasteiger partial charge on any atom is -0.406 e. The molecule has 3 aromatic rings. The minimum atomic E-state index is -4.77. The Bertz CT molecular complexity index is 951. The molecular formula is C20H17F3N2O3. The largest absolute Gasteiger partial charge is 0.573 e. The van der Waals surface area contributed by atoms with Gasteiger partial charge >= 0.3 is 6.36 Å². The number of carbonyl (C=O) groups is 1. The quantitative estimate of drug-likeness (QED) is 0.663. The maximum Gasteiger partial charge on any atom is 0.573 e. The molecule has 0 fully saturated rings. The highest BCUT2D eigenvalue weighted by Gasteiger charge is 2.31. The van der Waals surface area contributed by atoms with E-state index in [-0.39, 0.29) is 29.0 Å². The van der Waals surface area contributed by atoms with Crippen molar-refractivity contribution in [3.05, 3.63) is 71.4 Å². The Morgan fingerprint density at radius 3 is 2.36 bits per heavy atom. The van der Waals surface area contributed by atoms with Crippen LogP contribution in [0.2, 0.25) is 0 Å². The lowest BCUT2D eigenvalue weighted by molar-refractivity contribution is -0.274. The zero-order valence-electron chi connectivity index (χ0n) is 15.1. The summed E-state index contributed by atoms with van der Waals surface area (Å²) in [6, 6.07) is 14.2. The molecule has 1 aromatic heterocycles. The number of benzene rings is 2. The molecule has 0 aliphatic carbocycles. The van der Waals surface area contributed by atoms with Crippen molar-refractivity contribution in [2.45, 2.75) is 26.3 Å². The topological polar surface area (TPSA) is 64.4 Å². The molecule has 3 rings (SSSR count). The molecule has 146 valence electrons. The number of nitrogens with one attached hydrogen (secondary N) is 1. The van der Waals surface area contributed by atoms with E-state index < -0.39 is 6.36 Å². The fourth-order valence-corrected chi connectivity index (χ4v) is 2.74. The molecule has 0 radical (unpaired) electrons. The summed E-state index contributed by atoms with van der Waals surface area (Å²) in [5, 5.41) is 6.71. The van der Waals surface area contributed by atoms with Gasteiger partial charge in [0, 0.05) is 5.56 Å². The molecule has 5 nitrogen and oxygen atoms in total. The van der Waals surface area contributed by atoms with Gasteiger partial charge in [-0.15, -0.1) is 13.2 Å². The first-order valence-electron chi connectivity index (χ1n) is 8.43. The van der Waals surface area contributed by atoms with E-state index in [0.717, 1.165) is 17.7 Å². The minimum absolute atomic E-state index is 0.175. The van der Waals surface area contributed by atoms with Crippen molar-refractivity contribution in [3.8, 4) is 17.1 Å². The maximum atomic E-state index is 12.8. The average molecular weight is 390 g/mol. The van der Waals surface area contributed by atoms with E-state index in [1.54, 1.807) is 6.92 Å². The molecule has 1 N–H and O–H groups in total. The van der Waals surface area contributed by atoms with Gasteiger partial charge in [-0.3, -0.25) is 4.79 Å². The Morgan fingerprint density at radius 2 is 1.75 bits per heavy atom. The van der Waals surface area contributed by atoms with Crippen LogP contribution in [0.5, 0.6) is 5.75 Å². The summed E-state index contributed by atoms with van der Waals surface area (Å²) in [5.41, 5.74) is 1.95. The number of carbonyl (C=O) groups excluding carboxylic acids is 1. The van der Waals surface area contributed by atoms with Gasteiger partial charge in [0.15, 0.2) is 5.76 Å². The van der Waals surface area contributed by atoms with Crippen LogP contribution >= 0.6 is 0 Å². The molecule has 0 saturated heterocycles. The van der Waals surface area contributed by atoms with Crippen molar-refractivity contribution in [2.75, 3.05) is 0 Å². The van der Waals surface area contributed by atoms with Gasteiger partial charge < -0.3 is 14.6 Å². The Kier molecular flexibility index (Phi) is 5.39. The number of ether oxygens (including phenoxy) is 1. The molecule has 8 heteroatoms. The SMILES string of the molecule is Cc1noc(-c2ccc(OC(F)(F)F)cc2)c1C(=O)N[C@H](C)c1ccccc1. The summed E-state index contributed by atoms with van der Waals surface area (Å²) in [4.78, 5) is 12.8. The van der Waals surface area contributed by atoms with Gasteiger partial charge in [0.1, 0.15) is 11.3 Å². The van der Waals surface area contributed by atoms with Crippen LogP contribution in [0.1, 0.15) is 34.6 Å².